The van der Waals surface area contributed by atoms with Gasteiger partial charge in [-0.05, 0) is 36.4 Å². The molecule has 0 radical (unpaired) electrons. The lowest BCUT2D eigenvalue weighted by atomic mass is 10.2. The summed E-state index contributed by atoms with van der Waals surface area (Å²) in [7, 11) is 0. The molecule has 2 amide bonds. The number of para-hydroxylation sites is 1. The smallest absolute Gasteiger partial charge is 0.247 e. The highest BCUT2D eigenvalue weighted by Crippen LogP contribution is 2.35. The van der Waals surface area contributed by atoms with E-state index in [2.05, 4.69) is 10.6 Å². The fourth-order valence-electron chi connectivity index (χ4n) is 1.97. The van der Waals surface area contributed by atoms with Gasteiger partial charge < -0.3 is 10.6 Å². The summed E-state index contributed by atoms with van der Waals surface area (Å²) >= 11 is 7.04. The molecule has 1 heterocycles. The molecule has 0 bridgehead atoms. The Morgan fingerprint density at radius 2 is 1.86 bits per heavy atom. The standard InChI is InChI=1S/C15H11ClN2O2S/c16-9-5-7-10(8-6-9)17-14(19)13-15(20)18-11-3-1-2-4-12(11)21-13/h1-8,13H,(H,17,19)(H,18,20). The van der Waals surface area contributed by atoms with Gasteiger partial charge in [-0.2, -0.15) is 0 Å². The Morgan fingerprint density at radius 1 is 1.14 bits per heavy atom. The summed E-state index contributed by atoms with van der Waals surface area (Å²) in [6.07, 6.45) is 0. The van der Waals surface area contributed by atoms with Crippen LogP contribution in [0.1, 0.15) is 0 Å². The molecule has 1 aliphatic rings. The largest absolute Gasteiger partial charge is 0.325 e. The van der Waals surface area contributed by atoms with E-state index in [-0.39, 0.29) is 11.8 Å². The Kier molecular flexibility index (Phi) is 3.86. The molecule has 2 aromatic carbocycles. The fourth-order valence-corrected chi connectivity index (χ4v) is 3.08. The van der Waals surface area contributed by atoms with Gasteiger partial charge in [-0.25, -0.2) is 0 Å². The third-order valence-electron chi connectivity index (χ3n) is 2.98. The van der Waals surface area contributed by atoms with Crippen molar-refractivity contribution in [1.29, 1.82) is 0 Å². The maximum absolute atomic E-state index is 12.2. The summed E-state index contributed by atoms with van der Waals surface area (Å²) in [4.78, 5) is 25.2. The number of thioether (sulfide) groups is 1. The van der Waals surface area contributed by atoms with Crippen molar-refractivity contribution in [3.05, 3.63) is 53.6 Å². The minimum Gasteiger partial charge on any atom is -0.325 e. The number of nitrogens with one attached hydrogen (secondary N) is 2. The van der Waals surface area contributed by atoms with Crippen molar-refractivity contribution in [2.24, 2.45) is 0 Å². The summed E-state index contributed by atoms with van der Waals surface area (Å²) in [6, 6.07) is 14.2. The molecule has 3 rings (SSSR count). The van der Waals surface area contributed by atoms with E-state index in [1.807, 2.05) is 24.3 Å². The first-order valence-corrected chi connectivity index (χ1v) is 7.52. The molecule has 0 fully saturated rings. The van der Waals surface area contributed by atoms with Gasteiger partial charge in [0.2, 0.25) is 11.8 Å². The van der Waals surface area contributed by atoms with E-state index in [4.69, 9.17) is 11.6 Å². The zero-order chi connectivity index (χ0) is 14.8. The van der Waals surface area contributed by atoms with Gasteiger partial charge >= 0.3 is 0 Å². The first kappa shape index (κ1) is 14.0. The summed E-state index contributed by atoms with van der Waals surface area (Å²) in [5.41, 5.74) is 1.35. The van der Waals surface area contributed by atoms with Crippen LogP contribution in [0.4, 0.5) is 11.4 Å². The quantitative estimate of drug-likeness (QED) is 0.834. The van der Waals surface area contributed by atoms with E-state index in [1.54, 1.807) is 24.3 Å². The molecule has 0 aromatic heterocycles. The summed E-state index contributed by atoms with van der Waals surface area (Å²) in [5, 5.41) is 5.24. The van der Waals surface area contributed by atoms with Crippen molar-refractivity contribution in [1.82, 2.24) is 0 Å². The predicted molar refractivity (Wildman–Crippen MR) is 84.8 cm³/mol. The van der Waals surface area contributed by atoms with Crippen LogP contribution in [0.25, 0.3) is 0 Å². The van der Waals surface area contributed by atoms with Crippen molar-refractivity contribution in [3.63, 3.8) is 0 Å². The average molecular weight is 319 g/mol. The molecule has 0 saturated heterocycles. The molecule has 21 heavy (non-hydrogen) atoms. The highest BCUT2D eigenvalue weighted by molar-refractivity contribution is 8.01. The van der Waals surface area contributed by atoms with Crippen molar-refractivity contribution in [3.8, 4) is 0 Å². The number of carbonyl (C=O) groups is 2. The molecule has 2 aromatic rings. The van der Waals surface area contributed by atoms with Crippen molar-refractivity contribution >= 4 is 46.6 Å². The molecule has 6 heteroatoms. The van der Waals surface area contributed by atoms with Gasteiger partial charge in [-0.15, -0.1) is 11.8 Å². The van der Waals surface area contributed by atoms with E-state index in [0.29, 0.717) is 10.7 Å². The Morgan fingerprint density at radius 3 is 2.62 bits per heavy atom. The van der Waals surface area contributed by atoms with E-state index < -0.39 is 5.25 Å². The molecule has 106 valence electrons. The molecule has 2 N–H and O–H groups in total. The molecule has 0 spiro atoms. The van der Waals surface area contributed by atoms with Crippen LogP contribution in [0.5, 0.6) is 0 Å². The van der Waals surface area contributed by atoms with Crippen molar-refractivity contribution in [2.45, 2.75) is 10.1 Å². The second kappa shape index (κ2) is 5.79. The lowest BCUT2D eigenvalue weighted by molar-refractivity contribution is -0.123. The number of rotatable bonds is 2. The zero-order valence-electron chi connectivity index (χ0n) is 10.8. The third kappa shape index (κ3) is 3.04. The highest BCUT2D eigenvalue weighted by atomic mass is 35.5. The monoisotopic (exact) mass is 318 g/mol. The van der Waals surface area contributed by atoms with Gasteiger partial charge in [-0.1, -0.05) is 23.7 Å². The third-order valence-corrected chi connectivity index (χ3v) is 4.50. The summed E-state index contributed by atoms with van der Waals surface area (Å²) in [6.45, 7) is 0. The predicted octanol–water partition coefficient (Wildman–Crippen LogP) is 3.39. The SMILES string of the molecule is O=C(Nc1ccc(Cl)cc1)C1Sc2ccccc2NC1=O. The van der Waals surface area contributed by atoms with Gasteiger partial charge in [0.15, 0.2) is 5.25 Å². The first-order valence-electron chi connectivity index (χ1n) is 6.26. The average Bonchev–Trinajstić information content (AvgIpc) is 2.49. The summed E-state index contributed by atoms with van der Waals surface area (Å²) < 4.78 is 0. The van der Waals surface area contributed by atoms with Gasteiger partial charge in [0.1, 0.15) is 0 Å². The van der Waals surface area contributed by atoms with E-state index >= 15 is 0 Å². The Balaban J connectivity index is 1.76. The summed E-state index contributed by atoms with van der Waals surface area (Å²) in [5.74, 6) is -0.667. The molecular weight excluding hydrogens is 308 g/mol. The molecule has 0 saturated carbocycles. The number of halogens is 1. The van der Waals surface area contributed by atoms with Gasteiger partial charge in [0, 0.05) is 15.6 Å². The number of hydrogen-bond acceptors (Lipinski definition) is 3. The van der Waals surface area contributed by atoms with Crippen LogP contribution in [-0.4, -0.2) is 17.1 Å². The topological polar surface area (TPSA) is 58.2 Å². The first-order chi connectivity index (χ1) is 10.1. The Hall–Kier alpha value is -1.98. The number of anilines is 2. The maximum atomic E-state index is 12.2. The van der Waals surface area contributed by atoms with E-state index in [1.165, 1.54) is 11.8 Å². The number of amides is 2. The molecule has 1 atom stereocenters. The number of hydrogen-bond donors (Lipinski definition) is 2. The number of benzene rings is 2. The molecule has 0 aliphatic carbocycles. The number of fused-ring (bicyclic) bond motifs is 1. The van der Waals surface area contributed by atoms with Gasteiger partial charge in [0.25, 0.3) is 0 Å². The lowest BCUT2D eigenvalue weighted by Gasteiger charge is -2.23. The minimum absolute atomic E-state index is 0.315. The highest BCUT2D eigenvalue weighted by Gasteiger charge is 2.32. The van der Waals surface area contributed by atoms with Crippen LogP contribution < -0.4 is 10.6 Å². The van der Waals surface area contributed by atoms with Crippen molar-refractivity contribution < 1.29 is 9.59 Å². The molecule has 1 unspecified atom stereocenters. The minimum atomic E-state index is -0.810. The second-order valence-electron chi connectivity index (χ2n) is 4.48. The van der Waals surface area contributed by atoms with E-state index in [0.717, 1.165) is 10.6 Å². The molecular formula is C15H11ClN2O2S. The van der Waals surface area contributed by atoms with Crippen LogP contribution in [0.2, 0.25) is 5.02 Å². The normalized spacial score (nSPS) is 16.8. The van der Waals surface area contributed by atoms with Crippen LogP contribution >= 0.6 is 23.4 Å². The lowest BCUT2D eigenvalue weighted by Crippen LogP contribution is -2.38. The van der Waals surface area contributed by atoms with Gasteiger partial charge in [0.05, 0.1) is 5.69 Å². The van der Waals surface area contributed by atoms with Crippen LogP contribution in [0.3, 0.4) is 0 Å². The zero-order valence-corrected chi connectivity index (χ0v) is 12.4. The van der Waals surface area contributed by atoms with E-state index in [9.17, 15) is 9.59 Å². The molecule has 1 aliphatic heterocycles. The molecule has 4 nitrogen and oxygen atoms in total. The second-order valence-corrected chi connectivity index (χ2v) is 6.06. The van der Waals surface area contributed by atoms with Crippen LogP contribution in [-0.2, 0) is 9.59 Å². The Labute approximate surface area is 130 Å². The van der Waals surface area contributed by atoms with Crippen LogP contribution in [0.15, 0.2) is 53.4 Å². The fraction of sp³-hybridized carbons (Fsp3) is 0.0667. The van der Waals surface area contributed by atoms with Crippen LogP contribution in [0, 0.1) is 0 Å². The number of carbonyl (C=O) groups excluding carboxylic acids is 2. The van der Waals surface area contributed by atoms with Crippen molar-refractivity contribution in [2.75, 3.05) is 10.6 Å². The van der Waals surface area contributed by atoms with Gasteiger partial charge in [-0.3, -0.25) is 9.59 Å². The maximum Gasteiger partial charge on any atom is 0.247 e. The Bertz CT molecular complexity index is 703.